The van der Waals surface area contributed by atoms with Crippen LogP contribution >= 0.6 is 11.3 Å². The number of carbonyl (C=O) groups excluding carboxylic acids is 1. The zero-order valence-corrected chi connectivity index (χ0v) is 10.1. The van der Waals surface area contributed by atoms with Gasteiger partial charge in [0.15, 0.2) is 0 Å². The van der Waals surface area contributed by atoms with Crippen LogP contribution in [0, 0.1) is 0 Å². The largest absolute Gasteiger partial charge is 0.350 e. The summed E-state index contributed by atoms with van der Waals surface area (Å²) in [4.78, 5) is 12.7. The first-order chi connectivity index (χ1) is 7.74. The number of amides is 1. The summed E-state index contributed by atoms with van der Waals surface area (Å²) in [7, 11) is 0. The Morgan fingerprint density at radius 2 is 2.31 bits per heavy atom. The Hall–Kier alpha value is -0.910. The van der Waals surface area contributed by atoms with Crippen LogP contribution in [0.15, 0.2) is 17.5 Å². The predicted molar refractivity (Wildman–Crippen MR) is 67.0 cm³/mol. The third-order valence-electron chi connectivity index (χ3n) is 2.32. The molecule has 0 radical (unpaired) electrons. The van der Waals surface area contributed by atoms with Gasteiger partial charge in [-0.05, 0) is 30.8 Å². The molecule has 0 unspecified atom stereocenters. The lowest BCUT2D eigenvalue weighted by atomic mass is 10.1. The van der Waals surface area contributed by atoms with Crippen molar-refractivity contribution in [2.24, 2.45) is 11.5 Å². The topological polar surface area (TPSA) is 81.1 Å². The van der Waals surface area contributed by atoms with E-state index in [9.17, 15) is 4.79 Å². The van der Waals surface area contributed by atoms with E-state index in [0.717, 1.165) is 17.7 Å². The van der Waals surface area contributed by atoms with E-state index in [-0.39, 0.29) is 5.91 Å². The maximum Gasteiger partial charge on any atom is 0.237 e. The SMILES string of the molecule is NCCCC[C@H](N)C(=O)NCc1cccs1. The van der Waals surface area contributed by atoms with E-state index in [0.29, 0.717) is 19.5 Å². The van der Waals surface area contributed by atoms with Crippen molar-refractivity contribution in [3.63, 3.8) is 0 Å². The molecule has 90 valence electrons. The first kappa shape index (κ1) is 13.2. The Morgan fingerprint density at radius 1 is 1.50 bits per heavy atom. The van der Waals surface area contributed by atoms with Crippen LogP contribution in [-0.4, -0.2) is 18.5 Å². The van der Waals surface area contributed by atoms with Gasteiger partial charge in [-0.15, -0.1) is 11.3 Å². The second-order valence-electron chi connectivity index (χ2n) is 3.69. The zero-order valence-electron chi connectivity index (χ0n) is 9.32. The molecular weight excluding hydrogens is 222 g/mol. The molecule has 5 heteroatoms. The maximum atomic E-state index is 11.6. The average Bonchev–Trinajstić information content (AvgIpc) is 2.79. The highest BCUT2D eigenvalue weighted by atomic mass is 32.1. The van der Waals surface area contributed by atoms with E-state index in [1.165, 1.54) is 0 Å². The van der Waals surface area contributed by atoms with Crippen LogP contribution in [0.25, 0.3) is 0 Å². The molecule has 0 aliphatic heterocycles. The highest BCUT2D eigenvalue weighted by molar-refractivity contribution is 7.09. The maximum absolute atomic E-state index is 11.6. The second-order valence-corrected chi connectivity index (χ2v) is 4.72. The summed E-state index contributed by atoms with van der Waals surface area (Å²) in [5, 5.41) is 4.82. The predicted octanol–water partition coefficient (Wildman–Crippen LogP) is 0.821. The number of carbonyl (C=O) groups is 1. The summed E-state index contributed by atoms with van der Waals surface area (Å²) in [5.41, 5.74) is 11.1. The van der Waals surface area contributed by atoms with Gasteiger partial charge in [-0.3, -0.25) is 4.79 Å². The Morgan fingerprint density at radius 3 is 2.94 bits per heavy atom. The van der Waals surface area contributed by atoms with E-state index in [1.54, 1.807) is 11.3 Å². The van der Waals surface area contributed by atoms with Gasteiger partial charge in [-0.2, -0.15) is 0 Å². The Bertz CT molecular complexity index is 300. The smallest absolute Gasteiger partial charge is 0.237 e. The standard InChI is InChI=1S/C11H19N3OS/c12-6-2-1-5-10(13)11(15)14-8-9-4-3-7-16-9/h3-4,7,10H,1-2,5-6,8,12-13H2,(H,14,15)/t10-/m0/s1. The minimum atomic E-state index is -0.411. The third-order valence-corrected chi connectivity index (χ3v) is 3.20. The minimum absolute atomic E-state index is 0.0783. The van der Waals surface area contributed by atoms with Gasteiger partial charge in [0, 0.05) is 4.88 Å². The van der Waals surface area contributed by atoms with Gasteiger partial charge in [-0.25, -0.2) is 0 Å². The molecule has 0 bridgehead atoms. The molecule has 4 nitrogen and oxygen atoms in total. The number of thiophene rings is 1. The van der Waals surface area contributed by atoms with E-state index < -0.39 is 6.04 Å². The molecule has 0 aliphatic carbocycles. The van der Waals surface area contributed by atoms with E-state index >= 15 is 0 Å². The molecular formula is C11H19N3OS. The highest BCUT2D eigenvalue weighted by Crippen LogP contribution is 2.07. The minimum Gasteiger partial charge on any atom is -0.350 e. The number of rotatable bonds is 7. The molecule has 1 aromatic rings. The molecule has 0 saturated heterocycles. The summed E-state index contributed by atoms with van der Waals surface area (Å²) in [6.07, 6.45) is 2.53. The molecule has 1 rings (SSSR count). The lowest BCUT2D eigenvalue weighted by Crippen LogP contribution is -2.40. The van der Waals surface area contributed by atoms with Crippen molar-refractivity contribution in [1.82, 2.24) is 5.32 Å². The van der Waals surface area contributed by atoms with Crippen LogP contribution in [0.4, 0.5) is 0 Å². The van der Waals surface area contributed by atoms with Crippen molar-refractivity contribution < 1.29 is 4.79 Å². The zero-order chi connectivity index (χ0) is 11.8. The van der Waals surface area contributed by atoms with Gasteiger partial charge in [0.2, 0.25) is 5.91 Å². The molecule has 16 heavy (non-hydrogen) atoms. The van der Waals surface area contributed by atoms with Crippen molar-refractivity contribution in [1.29, 1.82) is 0 Å². The number of unbranched alkanes of at least 4 members (excludes halogenated alkanes) is 1. The molecule has 5 N–H and O–H groups in total. The van der Waals surface area contributed by atoms with Crippen molar-refractivity contribution in [2.45, 2.75) is 31.8 Å². The van der Waals surface area contributed by atoms with Crippen LogP contribution in [-0.2, 0) is 11.3 Å². The fourth-order valence-corrected chi connectivity index (χ4v) is 2.00. The van der Waals surface area contributed by atoms with E-state index in [1.807, 2.05) is 17.5 Å². The van der Waals surface area contributed by atoms with Crippen LogP contribution in [0.1, 0.15) is 24.1 Å². The van der Waals surface area contributed by atoms with E-state index in [4.69, 9.17) is 11.5 Å². The van der Waals surface area contributed by atoms with E-state index in [2.05, 4.69) is 5.32 Å². The van der Waals surface area contributed by atoms with Gasteiger partial charge in [0.1, 0.15) is 0 Å². The summed E-state index contributed by atoms with van der Waals surface area (Å²) < 4.78 is 0. The quantitative estimate of drug-likeness (QED) is 0.618. The van der Waals surface area contributed by atoms with Gasteiger partial charge in [-0.1, -0.05) is 12.5 Å². The van der Waals surface area contributed by atoms with Crippen molar-refractivity contribution >= 4 is 17.2 Å². The molecule has 1 atom stereocenters. The normalized spacial score (nSPS) is 12.4. The molecule has 0 aliphatic rings. The first-order valence-electron chi connectivity index (χ1n) is 5.49. The molecule has 1 amide bonds. The van der Waals surface area contributed by atoms with Gasteiger partial charge in [0.05, 0.1) is 12.6 Å². The number of hydrogen-bond donors (Lipinski definition) is 3. The Labute approximate surface area is 100 Å². The molecule has 1 heterocycles. The van der Waals surface area contributed by atoms with Crippen molar-refractivity contribution in [3.8, 4) is 0 Å². The first-order valence-corrected chi connectivity index (χ1v) is 6.37. The number of nitrogens with two attached hydrogens (primary N) is 2. The van der Waals surface area contributed by atoms with Crippen molar-refractivity contribution in [2.75, 3.05) is 6.54 Å². The molecule has 0 saturated carbocycles. The lowest BCUT2D eigenvalue weighted by Gasteiger charge is -2.11. The fourth-order valence-electron chi connectivity index (χ4n) is 1.36. The van der Waals surface area contributed by atoms with Gasteiger partial charge < -0.3 is 16.8 Å². The summed E-state index contributed by atoms with van der Waals surface area (Å²) in [5.74, 6) is -0.0783. The van der Waals surface area contributed by atoms with Gasteiger partial charge in [0.25, 0.3) is 0 Å². The van der Waals surface area contributed by atoms with Crippen LogP contribution in [0.3, 0.4) is 0 Å². The molecule has 0 spiro atoms. The summed E-state index contributed by atoms with van der Waals surface area (Å²) in [6, 6.07) is 3.55. The van der Waals surface area contributed by atoms with Crippen molar-refractivity contribution in [3.05, 3.63) is 22.4 Å². The molecule has 0 fully saturated rings. The number of hydrogen-bond acceptors (Lipinski definition) is 4. The Kier molecular flexibility index (Phi) is 6.07. The lowest BCUT2D eigenvalue weighted by molar-refractivity contribution is -0.122. The molecule has 1 aromatic heterocycles. The highest BCUT2D eigenvalue weighted by Gasteiger charge is 2.12. The summed E-state index contributed by atoms with van der Waals surface area (Å²) in [6.45, 7) is 1.23. The fraction of sp³-hybridized carbons (Fsp3) is 0.545. The number of nitrogens with one attached hydrogen (secondary N) is 1. The third kappa shape index (κ3) is 4.74. The molecule has 0 aromatic carbocycles. The Balaban J connectivity index is 2.18. The van der Waals surface area contributed by atoms with Crippen LogP contribution in [0.5, 0.6) is 0 Å². The van der Waals surface area contributed by atoms with Crippen LogP contribution < -0.4 is 16.8 Å². The average molecular weight is 241 g/mol. The second kappa shape index (κ2) is 7.38. The van der Waals surface area contributed by atoms with Crippen LogP contribution in [0.2, 0.25) is 0 Å². The van der Waals surface area contributed by atoms with Gasteiger partial charge >= 0.3 is 0 Å². The summed E-state index contributed by atoms with van der Waals surface area (Å²) >= 11 is 1.63. The monoisotopic (exact) mass is 241 g/mol.